The number of thiocarbonyl (C=S) groups is 1. The fourth-order valence-electron chi connectivity index (χ4n) is 1.91. The lowest BCUT2D eigenvalue weighted by molar-refractivity contribution is -0.132. The van der Waals surface area contributed by atoms with E-state index < -0.39 is 11.8 Å². The van der Waals surface area contributed by atoms with Crippen LogP contribution < -0.4 is 4.74 Å². The van der Waals surface area contributed by atoms with Gasteiger partial charge in [0.25, 0.3) is 11.8 Å². The Morgan fingerprint density at radius 1 is 1.19 bits per heavy atom. The third-order valence-corrected chi connectivity index (χ3v) is 4.52. The summed E-state index contributed by atoms with van der Waals surface area (Å²) in [7, 11) is 4.70. The van der Waals surface area contributed by atoms with Crippen molar-refractivity contribution < 1.29 is 14.3 Å². The molecule has 1 aromatic rings. The van der Waals surface area contributed by atoms with E-state index in [2.05, 4.69) is 22.6 Å². The van der Waals surface area contributed by atoms with Crippen LogP contribution in [0.2, 0.25) is 0 Å². The average molecular weight is 416 g/mol. The number of carbonyl (C=O) groups is 2. The Morgan fingerprint density at radius 3 is 2.24 bits per heavy atom. The van der Waals surface area contributed by atoms with Crippen LogP contribution in [0, 0.1) is 3.57 Å². The summed E-state index contributed by atoms with van der Waals surface area (Å²) in [5.74, 6) is -0.0442. The van der Waals surface area contributed by atoms with Crippen molar-refractivity contribution in [1.29, 1.82) is 0 Å². The van der Waals surface area contributed by atoms with Gasteiger partial charge in [0.15, 0.2) is 5.11 Å². The Hall–Kier alpha value is -1.48. The molecule has 0 aliphatic carbocycles. The first-order valence-electron chi connectivity index (χ1n) is 6.02. The minimum Gasteiger partial charge on any atom is -0.496 e. The second-order valence-electron chi connectivity index (χ2n) is 4.46. The Morgan fingerprint density at radius 2 is 1.76 bits per heavy atom. The van der Waals surface area contributed by atoms with Gasteiger partial charge in [-0.05, 0) is 58.6 Å². The molecule has 1 saturated heterocycles. The first-order chi connectivity index (χ1) is 9.86. The highest BCUT2D eigenvalue weighted by atomic mass is 127. The van der Waals surface area contributed by atoms with E-state index >= 15 is 0 Å². The molecule has 0 N–H and O–H groups in total. The van der Waals surface area contributed by atoms with Crippen LogP contribution in [-0.4, -0.2) is 47.9 Å². The van der Waals surface area contributed by atoms with Crippen LogP contribution in [0.1, 0.15) is 5.56 Å². The highest BCUT2D eigenvalue weighted by molar-refractivity contribution is 14.1. The molecule has 0 spiro atoms. The van der Waals surface area contributed by atoms with E-state index in [9.17, 15) is 9.59 Å². The molecule has 1 aromatic carbocycles. The lowest BCUT2D eigenvalue weighted by Gasteiger charge is -2.31. The van der Waals surface area contributed by atoms with Crippen molar-refractivity contribution in [3.8, 4) is 5.75 Å². The molecule has 21 heavy (non-hydrogen) atoms. The second kappa shape index (κ2) is 6.10. The summed E-state index contributed by atoms with van der Waals surface area (Å²) in [6.07, 6.45) is 1.57. The molecule has 1 fully saturated rings. The van der Waals surface area contributed by atoms with Crippen molar-refractivity contribution in [1.82, 2.24) is 9.80 Å². The van der Waals surface area contributed by atoms with Gasteiger partial charge in [-0.15, -0.1) is 0 Å². The maximum atomic E-state index is 12.2. The summed E-state index contributed by atoms with van der Waals surface area (Å²) < 4.78 is 6.09. The zero-order valence-corrected chi connectivity index (χ0v) is 14.7. The lowest BCUT2D eigenvalue weighted by atomic mass is 10.1. The molecule has 1 heterocycles. The minimum atomic E-state index is -0.395. The number of carbonyl (C=O) groups excluding carboxylic acids is 2. The van der Waals surface area contributed by atoms with Gasteiger partial charge in [-0.2, -0.15) is 0 Å². The summed E-state index contributed by atoms with van der Waals surface area (Å²) in [6, 6.07) is 5.44. The largest absolute Gasteiger partial charge is 0.496 e. The third kappa shape index (κ3) is 2.93. The van der Waals surface area contributed by atoms with Gasteiger partial charge in [-0.1, -0.05) is 6.07 Å². The van der Waals surface area contributed by atoms with Gasteiger partial charge in [0.05, 0.1) is 10.7 Å². The van der Waals surface area contributed by atoms with E-state index in [-0.39, 0.29) is 10.7 Å². The van der Waals surface area contributed by atoms with Crippen LogP contribution in [0.3, 0.4) is 0 Å². The molecular weight excluding hydrogens is 403 g/mol. The molecule has 7 heteroatoms. The zero-order chi connectivity index (χ0) is 15.7. The maximum absolute atomic E-state index is 12.2. The van der Waals surface area contributed by atoms with Gasteiger partial charge in [-0.25, -0.2) is 0 Å². The van der Waals surface area contributed by atoms with Gasteiger partial charge in [0, 0.05) is 14.1 Å². The Bertz CT molecular complexity index is 646. The zero-order valence-electron chi connectivity index (χ0n) is 11.7. The van der Waals surface area contributed by atoms with Gasteiger partial charge in [0.1, 0.15) is 11.3 Å². The fraction of sp³-hybridized carbons (Fsp3) is 0.214. The smallest absolute Gasteiger partial charge is 0.265 e. The molecule has 0 bridgehead atoms. The van der Waals surface area contributed by atoms with Crippen molar-refractivity contribution >= 4 is 57.8 Å². The van der Waals surface area contributed by atoms with Crippen molar-refractivity contribution in [3.05, 3.63) is 32.9 Å². The number of likely N-dealkylation sites (N-methyl/N-ethyl adjacent to an activating group) is 2. The minimum absolute atomic E-state index is 0.0922. The monoisotopic (exact) mass is 416 g/mol. The Kier molecular flexibility index (Phi) is 4.62. The number of hydrogen-bond acceptors (Lipinski definition) is 4. The molecular formula is C14H13IN2O3S. The van der Waals surface area contributed by atoms with Crippen LogP contribution in [0.4, 0.5) is 0 Å². The molecule has 0 unspecified atom stereocenters. The van der Waals surface area contributed by atoms with E-state index in [0.29, 0.717) is 0 Å². The number of methoxy groups -OCH3 is 1. The number of rotatable bonds is 2. The number of halogens is 1. The molecule has 110 valence electrons. The van der Waals surface area contributed by atoms with Crippen molar-refractivity contribution in [2.24, 2.45) is 0 Å². The second-order valence-corrected chi connectivity index (χ2v) is 5.99. The van der Waals surface area contributed by atoms with Gasteiger partial charge < -0.3 is 4.74 Å². The summed E-state index contributed by atoms with van der Waals surface area (Å²) >= 11 is 7.18. The van der Waals surface area contributed by atoms with Crippen LogP contribution in [0.25, 0.3) is 6.08 Å². The molecule has 2 rings (SSSR count). The van der Waals surface area contributed by atoms with E-state index in [0.717, 1.165) is 14.9 Å². The molecule has 2 amide bonds. The van der Waals surface area contributed by atoms with E-state index in [1.807, 2.05) is 6.07 Å². The number of nitrogens with zero attached hydrogens (tertiary/aromatic N) is 2. The van der Waals surface area contributed by atoms with Crippen molar-refractivity contribution in [3.63, 3.8) is 0 Å². The molecule has 0 aromatic heterocycles. The number of benzene rings is 1. The normalized spacial score (nSPS) is 15.6. The number of hydrogen-bond donors (Lipinski definition) is 0. The maximum Gasteiger partial charge on any atom is 0.265 e. The van der Waals surface area contributed by atoms with Gasteiger partial charge in [0.2, 0.25) is 0 Å². The van der Waals surface area contributed by atoms with E-state index in [1.165, 1.54) is 9.80 Å². The number of ether oxygens (including phenoxy) is 1. The SMILES string of the molecule is COc1ccc(C=C2C(=O)N(C)C(=S)N(C)C2=O)cc1I. The number of amides is 2. The standard InChI is InChI=1S/C14H13IN2O3S/c1-16-12(18)9(13(19)17(2)14(16)21)6-8-4-5-11(20-3)10(15)7-8/h4-7H,1-3H3. The van der Waals surface area contributed by atoms with E-state index in [1.54, 1.807) is 39.4 Å². The van der Waals surface area contributed by atoms with Gasteiger partial charge >= 0.3 is 0 Å². The summed E-state index contributed by atoms with van der Waals surface area (Å²) in [5.41, 5.74) is 0.848. The highest BCUT2D eigenvalue weighted by Gasteiger charge is 2.35. The summed E-state index contributed by atoms with van der Waals surface area (Å²) in [6.45, 7) is 0. The molecule has 1 aliphatic rings. The molecule has 1 aliphatic heterocycles. The topological polar surface area (TPSA) is 49.9 Å². The predicted molar refractivity (Wildman–Crippen MR) is 91.8 cm³/mol. The van der Waals surface area contributed by atoms with Gasteiger partial charge in [-0.3, -0.25) is 19.4 Å². The first kappa shape index (κ1) is 15.9. The van der Waals surface area contributed by atoms with Crippen LogP contribution in [0.5, 0.6) is 5.75 Å². The van der Waals surface area contributed by atoms with Crippen LogP contribution in [-0.2, 0) is 9.59 Å². The Labute approximate surface area is 141 Å². The summed E-state index contributed by atoms with van der Waals surface area (Å²) in [5, 5.41) is 0.200. The fourth-order valence-corrected chi connectivity index (χ4v) is 2.84. The van der Waals surface area contributed by atoms with Crippen molar-refractivity contribution in [2.45, 2.75) is 0 Å². The molecule has 5 nitrogen and oxygen atoms in total. The average Bonchev–Trinajstić information content (AvgIpc) is 2.48. The van der Waals surface area contributed by atoms with Crippen LogP contribution >= 0.6 is 34.8 Å². The molecule has 0 radical (unpaired) electrons. The third-order valence-electron chi connectivity index (χ3n) is 3.13. The van der Waals surface area contributed by atoms with Crippen LogP contribution in [0.15, 0.2) is 23.8 Å². The first-order valence-corrected chi connectivity index (χ1v) is 7.50. The van der Waals surface area contributed by atoms with E-state index in [4.69, 9.17) is 17.0 Å². The Balaban J connectivity index is 2.44. The quantitative estimate of drug-likeness (QED) is 0.320. The molecule has 0 atom stereocenters. The highest BCUT2D eigenvalue weighted by Crippen LogP contribution is 2.24. The predicted octanol–water partition coefficient (Wildman–Crippen LogP) is 1.90. The van der Waals surface area contributed by atoms with Crippen molar-refractivity contribution in [2.75, 3.05) is 21.2 Å². The summed E-state index contributed by atoms with van der Waals surface area (Å²) in [4.78, 5) is 27.0. The molecule has 0 saturated carbocycles. The lowest BCUT2D eigenvalue weighted by Crippen LogP contribution is -2.52.